The summed E-state index contributed by atoms with van der Waals surface area (Å²) < 4.78 is 21.1. The Labute approximate surface area is 214 Å². The molecular formula is C28H27FN6O2. The van der Waals surface area contributed by atoms with E-state index in [-0.39, 0.29) is 18.9 Å². The van der Waals surface area contributed by atoms with Gasteiger partial charge in [0.1, 0.15) is 23.3 Å². The minimum absolute atomic E-state index is 0.207. The van der Waals surface area contributed by atoms with E-state index in [0.717, 1.165) is 28.8 Å². The van der Waals surface area contributed by atoms with Gasteiger partial charge in [0.2, 0.25) is 5.91 Å². The van der Waals surface area contributed by atoms with Crippen molar-refractivity contribution in [3.8, 4) is 11.8 Å². The summed E-state index contributed by atoms with van der Waals surface area (Å²) in [6.45, 7) is 2.24. The normalized spacial score (nSPS) is 16.3. The molecule has 0 aliphatic heterocycles. The van der Waals surface area contributed by atoms with Gasteiger partial charge in [0, 0.05) is 18.8 Å². The average Bonchev–Trinajstić information content (AvgIpc) is 3.55. The second-order valence-electron chi connectivity index (χ2n) is 9.15. The molecule has 188 valence electrons. The van der Waals surface area contributed by atoms with Gasteiger partial charge in [0.15, 0.2) is 5.82 Å². The second-order valence-corrected chi connectivity index (χ2v) is 9.15. The molecule has 1 saturated carbocycles. The number of pyridine rings is 1. The highest BCUT2D eigenvalue weighted by Gasteiger charge is 2.46. The number of benzene rings is 2. The number of hydrogen-bond acceptors (Lipinski definition) is 6. The fraction of sp³-hybridized carbons (Fsp3) is 0.286. The Balaban J connectivity index is 1.60. The van der Waals surface area contributed by atoms with E-state index >= 15 is 0 Å². The summed E-state index contributed by atoms with van der Waals surface area (Å²) in [6, 6.07) is 16.9. The number of carbonyl (C=O) groups excluding carboxylic acids is 1. The molecule has 1 fully saturated rings. The topological polar surface area (TPSA) is 96.1 Å². The molecule has 4 aromatic rings. The highest BCUT2D eigenvalue weighted by atomic mass is 19.1. The number of carbonyl (C=O) groups is 1. The fourth-order valence-corrected chi connectivity index (χ4v) is 4.36. The lowest BCUT2D eigenvalue weighted by Crippen LogP contribution is -2.33. The van der Waals surface area contributed by atoms with E-state index in [9.17, 15) is 14.4 Å². The van der Waals surface area contributed by atoms with Crippen LogP contribution in [-0.4, -0.2) is 33.7 Å². The number of amides is 1. The zero-order valence-corrected chi connectivity index (χ0v) is 20.9. The molecule has 2 atom stereocenters. The quantitative estimate of drug-likeness (QED) is 0.365. The van der Waals surface area contributed by atoms with Crippen molar-refractivity contribution in [1.29, 1.82) is 5.26 Å². The van der Waals surface area contributed by atoms with Gasteiger partial charge in [0.05, 0.1) is 43.0 Å². The van der Waals surface area contributed by atoms with E-state index in [1.807, 2.05) is 54.9 Å². The maximum Gasteiger partial charge on any atom is 0.234 e. The van der Waals surface area contributed by atoms with Crippen molar-refractivity contribution in [1.82, 2.24) is 14.5 Å². The smallest absolute Gasteiger partial charge is 0.234 e. The summed E-state index contributed by atoms with van der Waals surface area (Å²) in [5.74, 6) is 0.552. The Morgan fingerprint density at radius 1 is 1.27 bits per heavy atom. The van der Waals surface area contributed by atoms with E-state index in [1.54, 1.807) is 25.6 Å². The SMILES string of the molecule is CCc1ccc(C#N)cc1Nc1cc2c(ncn2C)c(N(Cc2ccc(OC)cc2)C(=O)[C@H]2C[C@H]2F)n1. The number of halogens is 1. The van der Waals surface area contributed by atoms with Gasteiger partial charge < -0.3 is 14.6 Å². The molecule has 0 saturated heterocycles. The first-order chi connectivity index (χ1) is 17.9. The number of rotatable bonds is 8. The van der Waals surface area contributed by atoms with E-state index in [2.05, 4.69) is 16.4 Å². The van der Waals surface area contributed by atoms with Gasteiger partial charge in [-0.3, -0.25) is 9.69 Å². The predicted molar refractivity (Wildman–Crippen MR) is 140 cm³/mol. The van der Waals surface area contributed by atoms with Crippen molar-refractivity contribution in [2.45, 2.75) is 32.5 Å². The fourth-order valence-electron chi connectivity index (χ4n) is 4.36. The molecule has 0 bridgehead atoms. The molecular weight excluding hydrogens is 471 g/mol. The Morgan fingerprint density at radius 2 is 2.03 bits per heavy atom. The van der Waals surface area contributed by atoms with Crippen LogP contribution in [0.1, 0.15) is 30.0 Å². The van der Waals surface area contributed by atoms with Gasteiger partial charge >= 0.3 is 0 Å². The number of methoxy groups -OCH3 is 1. The molecule has 1 N–H and O–H groups in total. The summed E-state index contributed by atoms with van der Waals surface area (Å²) in [4.78, 5) is 24.3. The molecule has 1 aliphatic carbocycles. The highest BCUT2D eigenvalue weighted by molar-refractivity contribution is 6.03. The number of nitrogens with zero attached hydrogens (tertiary/aromatic N) is 5. The van der Waals surface area contributed by atoms with E-state index in [1.165, 1.54) is 4.90 Å². The van der Waals surface area contributed by atoms with Crippen LogP contribution < -0.4 is 15.0 Å². The van der Waals surface area contributed by atoms with Crippen molar-refractivity contribution < 1.29 is 13.9 Å². The van der Waals surface area contributed by atoms with Crippen LogP contribution in [0.4, 0.5) is 21.7 Å². The van der Waals surface area contributed by atoms with Crippen molar-refractivity contribution in [2.24, 2.45) is 13.0 Å². The van der Waals surface area contributed by atoms with Gasteiger partial charge in [-0.2, -0.15) is 5.26 Å². The van der Waals surface area contributed by atoms with E-state index < -0.39 is 12.1 Å². The van der Waals surface area contributed by atoms with E-state index in [0.29, 0.717) is 28.5 Å². The number of anilines is 3. The average molecular weight is 499 g/mol. The zero-order chi connectivity index (χ0) is 26.1. The van der Waals surface area contributed by atoms with Crippen LogP contribution >= 0.6 is 0 Å². The molecule has 37 heavy (non-hydrogen) atoms. The molecule has 2 heterocycles. The lowest BCUT2D eigenvalue weighted by atomic mass is 10.1. The predicted octanol–water partition coefficient (Wildman–Crippen LogP) is 5.05. The Bertz CT molecular complexity index is 1510. The summed E-state index contributed by atoms with van der Waals surface area (Å²) in [5, 5.41) is 12.7. The van der Waals surface area contributed by atoms with Gasteiger partial charge in [-0.25, -0.2) is 14.4 Å². The van der Waals surface area contributed by atoms with Gasteiger partial charge in [-0.15, -0.1) is 0 Å². The molecule has 5 rings (SSSR count). The third-order valence-electron chi connectivity index (χ3n) is 6.63. The van der Waals surface area contributed by atoms with Gasteiger partial charge in [-0.1, -0.05) is 25.1 Å². The summed E-state index contributed by atoms with van der Waals surface area (Å²) >= 11 is 0. The summed E-state index contributed by atoms with van der Waals surface area (Å²) in [5.41, 5.74) is 4.48. The standard InChI is InChI=1S/C28H27FN6O2/c1-4-19-8-5-18(14-30)11-23(19)32-25-13-24-26(31-16-34(24)2)27(33-25)35(28(36)21-12-22(21)29)15-17-6-9-20(37-3)10-7-17/h5-11,13,16,21-22H,4,12,15H2,1-3H3,(H,32,33)/t21-,22+/m0/s1. The van der Waals surface area contributed by atoms with Crippen LogP contribution in [0.3, 0.4) is 0 Å². The van der Waals surface area contributed by atoms with Crippen molar-refractivity contribution in [2.75, 3.05) is 17.3 Å². The lowest BCUT2D eigenvalue weighted by molar-refractivity contribution is -0.120. The molecule has 2 aromatic carbocycles. The minimum Gasteiger partial charge on any atom is -0.497 e. The number of nitriles is 1. The number of imidazole rings is 1. The number of aryl methyl sites for hydroxylation is 2. The Morgan fingerprint density at radius 3 is 2.68 bits per heavy atom. The molecule has 9 heteroatoms. The van der Waals surface area contributed by atoms with Crippen molar-refractivity contribution in [3.05, 3.63) is 71.5 Å². The summed E-state index contributed by atoms with van der Waals surface area (Å²) in [6.07, 6.45) is 1.49. The molecule has 1 aliphatic rings. The van der Waals surface area contributed by atoms with Crippen molar-refractivity contribution >= 4 is 34.3 Å². The first-order valence-electron chi connectivity index (χ1n) is 12.1. The first kappa shape index (κ1) is 24.3. The van der Waals surface area contributed by atoms with Crippen LogP contribution in [0.25, 0.3) is 11.0 Å². The maximum atomic E-state index is 14.0. The Kier molecular flexibility index (Phi) is 6.49. The third kappa shape index (κ3) is 4.83. The van der Waals surface area contributed by atoms with Crippen LogP contribution in [-0.2, 0) is 24.8 Å². The number of ether oxygens (including phenoxy) is 1. The van der Waals surface area contributed by atoms with Gasteiger partial charge in [-0.05, 0) is 48.2 Å². The highest BCUT2D eigenvalue weighted by Crippen LogP contribution is 2.38. The molecule has 0 radical (unpaired) electrons. The lowest BCUT2D eigenvalue weighted by Gasteiger charge is -2.23. The zero-order valence-electron chi connectivity index (χ0n) is 20.9. The van der Waals surface area contributed by atoms with Crippen molar-refractivity contribution in [3.63, 3.8) is 0 Å². The van der Waals surface area contributed by atoms with Crippen LogP contribution in [0, 0.1) is 17.2 Å². The number of aromatic nitrogens is 3. The molecule has 0 unspecified atom stereocenters. The molecule has 2 aromatic heterocycles. The molecule has 8 nitrogen and oxygen atoms in total. The summed E-state index contributed by atoms with van der Waals surface area (Å²) in [7, 11) is 3.46. The van der Waals surface area contributed by atoms with Crippen LogP contribution in [0.15, 0.2) is 54.9 Å². The minimum atomic E-state index is -1.15. The maximum absolute atomic E-state index is 14.0. The number of fused-ring (bicyclic) bond motifs is 1. The molecule has 1 amide bonds. The first-order valence-corrected chi connectivity index (χ1v) is 12.1. The molecule has 0 spiro atoms. The van der Waals surface area contributed by atoms with Crippen LogP contribution in [0.5, 0.6) is 5.75 Å². The number of nitrogens with one attached hydrogen (secondary N) is 1. The van der Waals surface area contributed by atoms with Crippen LogP contribution in [0.2, 0.25) is 0 Å². The third-order valence-corrected chi connectivity index (χ3v) is 6.63. The van der Waals surface area contributed by atoms with Gasteiger partial charge in [0.25, 0.3) is 0 Å². The number of hydrogen-bond donors (Lipinski definition) is 1. The largest absolute Gasteiger partial charge is 0.497 e. The Hall–Kier alpha value is -4.45. The van der Waals surface area contributed by atoms with E-state index in [4.69, 9.17) is 9.72 Å². The second kappa shape index (κ2) is 9.90. The monoisotopic (exact) mass is 498 g/mol. The number of alkyl halides is 1.